The van der Waals surface area contributed by atoms with Gasteiger partial charge < -0.3 is 11.3 Å². The number of unbranched alkanes of at least 4 members (excludes halogenated alkanes) is 5. The summed E-state index contributed by atoms with van der Waals surface area (Å²) in [5.41, 5.74) is 1.15. The molecule has 25 heavy (non-hydrogen) atoms. The SMILES string of the molecule is C=C1C(CCCCCCCCOc2ccc(Cl)cc2)C1CC(=O)O.[H-].[Na+]. The minimum atomic E-state index is -0.704. The molecule has 1 aromatic rings. The van der Waals surface area contributed by atoms with Crippen molar-refractivity contribution in [3.05, 3.63) is 41.4 Å². The minimum Gasteiger partial charge on any atom is -1.00 e. The van der Waals surface area contributed by atoms with Gasteiger partial charge in [0.25, 0.3) is 0 Å². The molecule has 134 valence electrons. The molecule has 1 aliphatic carbocycles. The van der Waals surface area contributed by atoms with E-state index in [1.807, 2.05) is 24.3 Å². The monoisotopic (exact) mass is 374 g/mol. The number of hydrogen-bond acceptors (Lipinski definition) is 2. The first-order chi connectivity index (χ1) is 11.6. The molecule has 0 bridgehead atoms. The van der Waals surface area contributed by atoms with Crippen LogP contribution in [-0.2, 0) is 4.79 Å². The molecular weight excluding hydrogens is 347 g/mol. The van der Waals surface area contributed by atoms with Crippen LogP contribution in [0.1, 0.15) is 52.8 Å². The summed E-state index contributed by atoms with van der Waals surface area (Å²) in [5.74, 6) is 0.880. The molecule has 0 amide bonds. The average Bonchev–Trinajstić information content (AvgIpc) is 3.15. The van der Waals surface area contributed by atoms with Crippen molar-refractivity contribution in [2.24, 2.45) is 11.8 Å². The summed E-state index contributed by atoms with van der Waals surface area (Å²) >= 11 is 5.83. The van der Waals surface area contributed by atoms with E-state index in [0.717, 1.165) is 35.8 Å². The van der Waals surface area contributed by atoms with Gasteiger partial charge in [-0.15, -0.1) is 0 Å². The quantitative estimate of drug-likeness (QED) is 0.347. The fourth-order valence-corrected chi connectivity index (χ4v) is 3.31. The van der Waals surface area contributed by atoms with Crippen molar-refractivity contribution in [1.29, 1.82) is 0 Å². The molecule has 1 aliphatic rings. The molecular formula is C20H28ClNaO3. The molecule has 0 radical (unpaired) electrons. The summed E-state index contributed by atoms with van der Waals surface area (Å²) in [5, 5.41) is 9.53. The van der Waals surface area contributed by atoms with E-state index in [1.165, 1.54) is 32.1 Å². The van der Waals surface area contributed by atoms with Crippen LogP contribution in [0.4, 0.5) is 0 Å². The molecule has 0 saturated heterocycles. The molecule has 0 spiro atoms. The Morgan fingerprint density at radius 1 is 1.08 bits per heavy atom. The molecule has 0 aromatic heterocycles. The van der Waals surface area contributed by atoms with E-state index in [-0.39, 0.29) is 43.3 Å². The van der Waals surface area contributed by atoms with E-state index in [1.54, 1.807) is 0 Å². The van der Waals surface area contributed by atoms with Gasteiger partial charge in [-0.2, -0.15) is 0 Å². The van der Waals surface area contributed by atoms with E-state index in [2.05, 4.69) is 6.58 Å². The fourth-order valence-electron chi connectivity index (χ4n) is 3.19. The second-order valence-electron chi connectivity index (χ2n) is 6.60. The van der Waals surface area contributed by atoms with Gasteiger partial charge in [0.15, 0.2) is 0 Å². The van der Waals surface area contributed by atoms with Crippen molar-refractivity contribution in [2.75, 3.05) is 6.61 Å². The number of halogens is 1. The number of hydrogen-bond donors (Lipinski definition) is 1. The van der Waals surface area contributed by atoms with Gasteiger partial charge in [0.1, 0.15) is 5.75 Å². The van der Waals surface area contributed by atoms with Crippen molar-refractivity contribution in [1.82, 2.24) is 0 Å². The van der Waals surface area contributed by atoms with Gasteiger partial charge in [-0.25, -0.2) is 0 Å². The smallest absolute Gasteiger partial charge is 1.00 e. The summed E-state index contributed by atoms with van der Waals surface area (Å²) in [6.07, 6.45) is 8.50. The number of allylic oxidation sites excluding steroid dienone is 1. The van der Waals surface area contributed by atoms with Crippen molar-refractivity contribution in [3.63, 3.8) is 0 Å². The molecule has 2 atom stereocenters. The van der Waals surface area contributed by atoms with Gasteiger partial charge in [0, 0.05) is 5.02 Å². The Kier molecular flexibility index (Phi) is 10.8. The third-order valence-corrected chi connectivity index (χ3v) is 4.97. The van der Waals surface area contributed by atoms with Crippen molar-refractivity contribution in [2.45, 2.75) is 51.4 Å². The normalized spacial score (nSPS) is 18.5. The molecule has 1 fully saturated rings. The number of benzene rings is 1. The first kappa shape index (κ1) is 22.6. The molecule has 1 aromatic carbocycles. The van der Waals surface area contributed by atoms with Crippen LogP contribution in [0.5, 0.6) is 5.75 Å². The summed E-state index contributed by atoms with van der Waals surface area (Å²) in [4.78, 5) is 10.7. The predicted octanol–water partition coefficient (Wildman–Crippen LogP) is 2.84. The van der Waals surface area contributed by atoms with Crippen LogP contribution >= 0.6 is 11.6 Å². The maximum absolute atomic E-state index is 10.7. The van der Waals surface area contributed by atoms with Gasteiger partial charge in [-0.1, -0.05) is 55.9 Å². The third-order valence-electron chi connectivity index (χ3n) is 4.72. The number of carboxylic acids is 1. The van der Waals surface area contributed by atoms with Gasteiger partial charge in [-0.05, 0) is 48.9 Å². The van der Waals surface area contributed by atoms with E-state index in [9.17, 15) is 4.79 Å². The maximum Gasteiger partial charge on any atom is 1.00 e. The molecule has 0 aliphatic heterocycles. The Balaban J connectivity index is 0.00000312. The van der Waals surface area contributed by atoms with Gasteiger partial charge in [0.05, 0.1) is 13.0 Å². The number of aliphatic carboxylic acids is 1. The zero-order valence-corrected chi connectivity index (χ0v) is 17.9. The molecule has 5 heteroatoms. The van der Waals surface area contributed by atoms with E-state index in [0.29, 0.717) is 5.92 Å². The summed E-state index contributed by atoms with van der Waals surface area (Å²) in [6.45, 7) is 4.73. The second kappa shape index (κ2) is 12.0. The molecule has 2 unspecified atom stereocenters. The number of ether oxygens (including phenoxy) is 1. The summed E-state index contributed by atoms with van der Waals surface area (Å²) < 4.78 is 5.67. The van der Waals surface area contributed by atoms with Crippen LogP contribution in [0.25, 0.3) is 0 Å². The maximum atomic E-state index is 10.7. The predicted molar refractivity (Wildman–Crippen MR) is 98.8 cm³/mol. The minimum absolute atomic E-state index is 0. The van der Waals surface area contributed by atoms with Gasteiger partial charge in [0.2, 0.25) is 0 Å². The van der Waals surface area contributed by atoms with Crippen molar-refractivity contribution < 1.29 is 45.6 Å². The Morgan fingerprint density at radius 2 is 1.68 bits per heavy atom. The Morgan fingerprint density at radius 3 is 2.32 bits per heavy atom. The van der Waals surface area contributed by atoms with Crippen LogP contribution in [0.2, 0.25) is 5.02 Å². The largest absolute Gasteiger partial charge is 1.00 e. The van der Waals surface area contributed by atoms with E-state index in [4.69, 9.17) is 21.4 Å². The van der Waals surface area contributed by atoms with Crippen LogP contribution in [0.3, 0.4) is 0 Å². The Bertz CT molecular complexity index is 550. The first-order valence-electron chi connectivity index (χ1n) is 8.87. The van der Waals surface area contributed by atoms with Crippen molar-refractivity contribution >= 4 is 17.6 Å². The second-order valence-corrected chi connectivity index (χ2v) is 7.03. The average molecular weight is 375 g/mol. The van der Waals surface area contributed by atoms with E-state index < -0.39 is 5.97 Å². The standard InChI is InChI=1S/C20H27ClO3.Na.H/c1-15-18(19(15)14-20(22)23)8-6-4-2-3-5-7-13-24-17-11-9-16(21)10-12-17;;/h9-12,18-19H,1-8,13-14H2,(H,22,23);;/q;+1;-1. The summed E-state index contributed by atoms with van der Waals surface area (Å²) in [7, 11) is 0. The number of rotatable bonds is 12. The molecule has 0 heterocycles. The van der Waals surface area contributed by atoms with E-state index >= 15 is 0 Å². The molecule has 1 saturated carbocycles. The first-order valence-corrected chi connectivity index (χ1v) is 9.24. The molecule has 3 nitrogen and oxygen atoms in total. The summed E-state index contributed by atoms with van der Waals surface area (Å²) in [6, 6.07) is 7.47. The number of carboxylic acid groups (broad SMARTS) is 1. The number of carbonyl (C=O) groups is 1. The Labute approximate surface area is 179 Å². The Hall–Kier alpha value is -0.480. The zero-order chi connectivity index (χ0) is 17.4. The molecule has 1 N–H and O–H groups in total. The van der Waals surface area contributed by atoms with Gasteiger partial charge >= 0.3 is 35.5 Å². The van der Waals surface area contributed by atoms with Crippen molar-refractivity contribution in [3.8, 4) is 5.75 Å². The van der Waals surface area contributed by atoms with Gasteiger partial charge in [-0.3, -0.25) is 4.79 Å². The van der Waals surface area contributed by atoms with Crippen LogP contribution < -0.4 is 34.3 Å². The van der Waals surface area contributed by atoms with Crippen LogP contribution in [0, 0.1) is 11.8 Å². The zero-order valence-electron chi connectivity index (χ0n) is 16.2. The fraction of sp³-hybridized carbons (Fsp3) is 0.550. The molecule has 2 rings (SSSR count). The third kappa shape index (κ3) is 8.63. The topological polar surface area (TPSA) is 46.5 Å². The van der Waals surface area contributed by atoms with Crippen LogP contribution in [0.15, 0.2) is 36.4 Å². The van der Waals surface area contributed by atoms with Crippen LogP contribution in [-0.4, -0.2) is 17.7 Å².